The molecule has 1 saturated carbocycles. The third kappa shape index (κ3) is 3.14. The van der Waals surface area contributed by atoms with Crippen molar-refractivity contribution in [2.45, 2.75) is 29.8 Å². The van der Waals surface area contributed by atoms with Crippen molar-refractivity contribution in [2.24, 2.45) is 0 Å². The van der Waals surface area contributed by atoms with Gasteiger partial charge in [-0.25, -0.2) is 0 Å². The van der Waals surface area contributed by atoms with Crippen LogP contribution in [-0.4, -0.2) is 21.9 Å². The Morgan fingerprint density at radius 1 is 1.26 bits per heavy atom. The molecule has 0 aliphatic heterocycles. The van der Waals surface area contributed by atoms with Crippen LogP contribution < -0.4 is 4.74 Å². The van der Waals surface area contributed by atoms with Crippen LogP contribution in [0.2, 0.25) is 0 Å². The van der Waals surface area contributed by atoms with E-state index in [1.54, 1.807) is 30.2 Å². The van der Waals surface area contributed by atoms with Crippen LogP contribution in [0.4, 0.5) is 0 Å². The summed E-state index contributed by atoms with van der Waals surface area (Å²) in [7, 11) is 1.70. The smallest absolute Gasteiger partial charge is 0.192 e. The summed E-state index contributed by atoms with van der Waals surface area (Å²) in [6, 6.07) is 12.9. The van der Waals surface area contributed by atoms with E-state index in [0.717, 1.165) is 22.5 Å². The third-order valence-corrected chi connectivity index (χ3v) is 5.70. The Kier molecular flexibility index (Phi) is 4.10. The number of benzene rings is 1. The lowest BCUT2D eigenvalue weighted by atomic mass is 10.2. The zero-order chi connectivity index (χ0) is 15.6. The lowest BCUT2D eigenvalue weighted by Gasteiger charge is -2.08. The second kappa shape index (κ2) is 6.37. The van der Waals surface area contributed by atoms with E-state index in [1.165, 1.54) is 23.3 Å². The molecule has 1 aliphatic rings. The third-order valence-electron chi connectivity index (χ3n) is 3.82. The first-order valence-corrected chi connectivity index (χ1v) is 9.46. The van der Waals surface area contributed by atoms with Crippen molar-refractivity contribution in [3.63, 3.8) is 0 Å². The molecule has 4 rings (SSSR count). The second-order valence-corrected chi connectivity index (χ2v) is 7.42. The molecular weight excluding hydrogens is 326 g/mol. The Labute approximate surface area is 143 Å². The fourth-order valence-electron chi connectivity index (χ4n) is 2.52. The highest BCUT2D eigenvalue weighted by Crippen LogP contribution is 2.42. The Hall–Kier alpha value is -1.79. The summed E-state index contributed by atoms with van der Waals surface area (Å²) in [5.41, 5.74) is 1.23. The maximum absolute atomic E-state index is 5.29. The molecule has 3 aromatic rings. The monoisotopic (exact) mass is 343 g/mol. The largest absolute Gasteiger partial charge is 0.497 e. The van der Waals surface area contributed by atoms with Gasteiger partial charge in [-0.3, -0.25) is 4.57 Å². The molecule has 0 radical (unpaired) electrons. The normalized spacial score (nSPS) is 14.1. The van der Waals surface area contributed by atoms with E-state index in [-0.39, 0.29) is 0 Å². The summed E-state index contributed by atoms with van der Waals surface area (Å²) in [6.45, 7) is 0. The molecule has 6 heteroatoms. The van der Waals surface area contributed by atoms with Gasteiger partial charge in [0.05, 0.1) is 12.0 Å². The van der Waals surface area contributed by atoms with Gasteiger partial charge in [-0.15, -0.1) is 21.5 Å². The van der Waals surface area contributed by atoms with Gasteiger partial charge in [-0.05, 0) is 42.0 Å². The minimum Gasteiger partial charge on any atom is -0.497 e. The van der Waals surface area contributed by atoms with Crippen LogP contribution >= 0.6 is 23.1 Å². The van der Waals surface area contributed by atoms with Crippen molar-refractivity contribution < 1.29 is 4.74 Å². The Morgan fingerprint density at radius 3 is 2.91 bits per heavy atom. The number of hydrogen-bond acceptors (Lipinski definition) is 5. The van der Waals surface area contributed by atoms with Crippen LogP contribution in [-0.2, 0) is 5.75 Å². The number of nitrogens with zero attached hydrogens (tertiary/aromatic N) is 3. The molecule has 118 valence electrons. The van der Waals surface area contributed by atoms with Crippen LogP contribution in [0.3, 0.4) is 0 Å². The SMILES string of the molecule is COc1cccc(CSc2nnc(-c3cccs3)n2C2CC2)c1. The van der Waals surface area contributed by atoms with E-state index < -0.39 is 0 Å². The summed E-state index contributed by atoms with van der Waals surface area (Å²) < 4.78 is 7.61. The van der Waals surface area contributed by atoms with Crippen LogP contribution in [0.5, 0.6) is 5.75 Å². The Balaban J connectivity index is 1.57. The maximum atomic E-state index is 5.29. The lowest BCUT2D eigenvalue weighted by molar-refractivity contribution is 0.414. The quantitative estimate of drug-likeness (QED) is 0.611. The number of rotatable bonds is 6. The van der Waals surface area contributed by atoms with Crippen LogP contribution in [0, 0.1) is 0 Å². The summed E-state index contributed by atoms with van der Waals surface area (Å²) in [5, 5.41) is 12.0. The highest BCUT2D eigenvalue weighted by atomic mass is 32.2. The van der Waals surface area contributed by atoms with Crippen LogP contribution in [0.25, 0.3) is 10.7 Å². The van der Waals surface area contributed by atoms with Gasteiger partial charge >= 0.3 is 0 Å². The second-order valence-electron chi connectivity index (χ2n) is 5.52. The summed E-state index contributed by atoms with van der Waals surface area (Å²) in [6.07, 6.45) is 2.45. The van der Waals surface area contributed by atoms with Gasteiger partial charge in [0, 0.05) is 11.8 Å². The molecule has 1 fully saturated rings. The molecule has 0 saturated heterocycles. The first kappa shape index (κ1) is 14.8. The van der Waals surface area contributed by atoms with Crippen molar-refractivity contribution in [2.75, 3.05) is 7.11 Å². The molecule has 1 aromatic carbocycles. The number of aromatic nitrogens is 3. The Bertz CT molecular complexity index is 794. The van der Waals surface area contributed by atoms with E-state index in [4.69, 9.17) is 4.74 Å². The molecule has 2 aromatic heterocycles. The van der Waals surface area contributed by atoms with Gasteiger partial charge in [0.25, 0.3) is 0 Å². The minimum atomic E-state index is 0.565. The highest BCUT2D eigenvalue weighted by molar-refractivity contribution is 7.98. The number of thiophene rings is 1. The van der Waals surface area contributed by atoms with Crippen molar-refractivity contribution >= 4 is 23.1 Å². The zero-order valence-corrected chi connectivity index (χ0v) is 14.4. The topological polar surface area (TPSA) is 39.9 Å². The number of hydrogen-bond donors (Lipinski definition) is 0. The van der Waals surface area contributed by atoms with E-state index in [9.17, 15) is 0 Å². The number of thioether (sulfide) groups is 1. The fourth-order valence-corrected chi connectivity index (χ4v) is 4.18. The summed E-state index contributed by atoms with van der Waals surface area (Å²) in [5.74, 6) is 2.77. The summed E-state index contributed by atoms with van der Waals surface area (Å²) in [4.78, 5) is 1.19. The fraction of sp³-hybridized carbons (Fsp3) is 0.294. The average molecular weight is 343 g/mol. The predicted molar refractivity (Wildman–Crippen MR) is 94.2 cm³/mol. The van der Waals surface area contributed by atoms with Crippen molar-refractivity contribution in [1.29, 1.82) is 0 Å². The van der Waals surface area contributed by atoms with Gasteiger partial charge in [-0.1, -0.05) is 30.0 Å². The number of methoxy groups -OCH3 is 1. The minimum absolute atomic E-state index is 0.565. The molecular formula is C17H17N3OS2. The van der Waals surface area contributed by atoms with Crippen molar-refractivity contribution in [1.82, 2.24) is 14.8 Å². The molecule has 0 bridgehead atoms. The molecule has 4 nitrogen and oxygen atoms in total. The van der Waals surface area contributed by atoms with Gasteiger partial charge in [0.2, 0.25) is 0 Å². The molecule has 0 atom stereocenters. The van der Waals surface area contributed by atoms with Gasteiger partial charge in [0.1, 0.15) is 5.75 Å². The molecule has 1 aliphatic carbocycles. The van der Waals surface area contributed by atoms with Gasteiger partial charge in [0.15, 0.2) is 11.0 Å². The van der Waals surface area contributed by atoms with Crippen LogP contribution in [0.1, 0.15) is 24.4 Å². The van der Waals surface area contributed by atoms with Crippen molar-refractivity contribution in [3.8, 4) is 16.5 Å². The molecule has 2 heterocycles. The zero-order valence-electron chi connectivity index (χ0n) is 12.8. The maximum Gasteiger partial charge on any atom is 0.192 e. The summed E-state index contributed by atoms with van der Waals surface area (Å²) >= 11 is 3.46. The molecule has 0 N–H and O–H groups in total. The van der Waals surface area contributed by atoms with E-state index in [0.29, 0.717) is 6.04 Å². The first-order chi connectivity index (χ1) is 11.3. The van der Waals surface area contributed by atoms with E-state index >= 15 is 0 Å². The standard InChI is InChI=1S/C17H17N3OS2/c1-21-14-5-2-4-12(10-14)11-23-17-19-18-16(15-6-3-9-22-15)20(17)13-7-8-13/h2-6,9-10,13H,7-8,11H2,1H3. The lowest BCUT2D eigenvalue weighted by Crippen LogP contribution is -1.99. The van der Waals surface area contributed by atoms with Crippen LogP contribution in [0.15, 0.2) is 46.9 Å². The average Bonchev–Trinajstić information content (AvgIpc) is 3.12. The van der Waals surface area contributed by atoms with E-state index in [1.807, 2.05) is 12.1 Å². The first-order valence-electron chi connectivity index (χ1n) is 7.59. The Morgan fingerprint density at radius 2 is 2.17 bits per heavy atom. The molecule has 0 spiro atoms. The molecule has 0 amide bonds. The van der Waals surface area contributed by atoms with Crippen molar-refractivity contribution in [3.05, 3.63) is 47.3 Å². The van der Waals surface area contributed by atoms with Gasteiger partial charge in [-0.2, -0.15) is 0 Å². The van der Waals surface area contributed by atoms with E-state index in [2.05, 4.69) is 44.4 Å². The molecule has 23 heavy (non-hydrogen) atoms. The highest BCUT2D eigenvalue weighted by Gasteiger charge is 2.30. The predicted octanol–water partition coefficient (Wildman–Crippen LogP) is 4.64. The number of ether oxygens (including phenoxy) is 1. The molecule has 0 unspecified atom stereocenters. The van der Waals surface area contributed by atoms with Gasteiger partial charge < -0.3 is 4.74 Å².